The molecule has 8 heteroatoms. The Bertz CT molecular complexity index is 1310. The number of carbonyl (C=O) groups is 3. The predicted molar refractivity (Wildman–Crippen MR) is 125 cm³/mol. The largest absolute Gasteiger partial charge is 0.489 e. The summed E-state index contributed by atoms with van der Waals surface area (Å²) in [5, 5.41) is 11.4. The number of nitrogens with zero attached hydrogens (tertiary/aromatic N) is 2. The van der Waals surface area contributed by atoms with Crippen LogP contribution in [0.25, 0.3) is 6.08 Å². The molecule has 7 nitrogen and oxygen atoms in total. The van der Waals surface area contributed by atoms with Gasteiger partial charge in [0.05, 0.1) is 17.3 Å². The summed E-state index contributed by atoms with van der Waals surface area (Å²) in [6.07, 6.45) is 1.42. The second-order valence-corrected chi connectivity index (χ2v) is 7.98. The molecule has 0 atom stereocenters. The van der Waals surface area contributed by atoms with Crippen LogP contribution in [0, 0.1) is 11.3 Å². The maximum Gasteiger partial charge on any atom is 0.335 e. The SMILES string of the molecule is N#Cc1ccccc1COc1ccc(/C=C2\C(=O)NC(=O)N(c3ccc(Br)cc3)C2=O)cc1. The molecule has 33 heavy (non-hydrogen) atoms. The van der Waals surface area contributed by atoms with Gasteiger partial charge >= 0.3 is 6.03 Å². The Kier molecular flexibility index (Phi) is 6.33. The molecule has 1 aliphatic heterocycles. The number of carbonyl (C=O) groups excluding carboxylic acids is 3. The zero-order chi connectivity index (χ0) is 23.4. The van der Waals surface area contributed by atoms with E-state index in [4.69, 9.17) is 4.74 Å². The average molecular weight is 502 g/mol. The van der Waals surface area contributed by atoms with Crippen LogP contribution in [0.2, 0.25) is 0 Å². The molecular formula is C25H16BrN3O4. The number of amides is 4. The first-order valence-corrected chi connectivity index (χ1v) is 10.6. The number of barbiturate groups is 1. The fourth-order valence-electron chi connectivity index (χ4n) is 3.23. The molecule has 0 bridgehead atoms. The zero-order valence-electron chi connectivity index (χ0n) is 17.1. The number of hydrogen-bond donors (Lipinski definition) is 1. The second-order valence-electron chi connectivity index (χ2n) is 7.06. The Labute approximate surface area is 198 Å². The molecule has 1 aliphatic rings. The Morgan fingerprint density at radius 3 is 2.36 bits per heavy atom. The van der Waals surface area contributed by atoms with E-state index < -0.39 is 17.8 Å². The Balaban J connectivity index is 1.52. The molecular weight excluding hydrogens is 486 g/mol. The fourth-order valence-corrected chi connectivity index (χ4v) is 3.49. The van der Waals surface area contributed by atoms with Crippen LogP contribution < -0.4 is 15.0 Å². The van der Waals surface area contributed by atoms with Gasteiger partial charge in [0.15, 0.2) is 0 Å². The van der Waals surface area contributed by atoms with Crippen LogP contribution in [0.3, 0.4) is 0 Å². The molecule has 3 aromatic rings. The third-order valence-corrected chi connectivity index (χ3v) is 5.44. The number of benzene rings is 3. The molecule has 0 saturated carbocycles. The van der Waals surface area contributed by atoms with E-state index >= 15 is 0 Å². The normalized spacial score (nSPS) is 14.7. The summed E-state index contributed by atoms with van der Waals surface area (Å²) >= 11 is 3.31. The molecule has 3 aromatic carbocycles. The van der Waals surface area contributed by atoms with Gasteiger partial charge in [0, 0.05) is 10.0 Å². The van der Waals surface area contributed by atoms with Crippen LogP contribution >= 0.6 is 15.9 Å². The molecule has 0 aromatic heterocycles. The highest BCUT2D eigenvalue weighted by Crippen LogP contribution is 2.24. The number of hydrogen-bond acceptors (Lipinski definition) is 5. The molecule has 0 radical (unpaired) electrons. The smallest absolute Gasteiger partial charge is 0.335 e. The van der Waals surface area contributed by atoms with Crippen molar-refractivity contribution in [2.24, 2.45) is 0 Å². The van der Waals surface area contributed by atoms with Gasteiger partial charge in [-0.25, -0.2) is 9.69 Å². The second kappa shape index (κ2) is 9.51. The van der Waals surface area contributed by atoms with Crippen LogP contribution in [0.5, 0.6) is 5.75 Å². The van der Waals surface area contributed by atoms with Crippen LogP contribution in [-0.4, -0.2) is 17.8 Å². The van der Waals surface area contributed by atoms with Gasteiger partial charge in [-0.1, -0.05) is 46.3 Å². The van der Waals surface area contributed by atoms with Gasteiger partial charge in [0.25, 0.3) is 11.8 Å². The first-order valence-electron chi connectivity index (χ1n) is 9.84. The van der Waals surface area contributed by atoms with Gasteiger partial charge in [0.1, 0.15) is 17.9 Å². The predicted octanol–water partition coefficient (Wildman–Crippen LogP) is 4.57. The van der Waals surface area contributed by atoms with Crippen molar-refractivity contribution in [2.75, 3.05) is 4.90 Å². The van der Waals surface area contributed by atoms with Crippen molar-refractivity contribution in [3.8, 4) is 11.8 Å². The van der Waals surface area contributed by atoms with E-state index in [1.165, 1.54) is 6.08 Å². The topological polar surface area (TPSA) is 99.5 Å². The fraction of sp³-hybridized carbons (Fsp3) is 0.0400. The molecule has 1 fully saturated rings. The molecule has 1 N–H and O–H groups in total. The molecule has 0 unspecified atom stereocenters. The highest BCUT2D eigenvalue weighted by Gasteiger charge is 2.36. The van der Waals surface area contributed by atoms with Gasteiger partial charge in [-0.2, -0.15) is 5.26 Å². The van der Waals surface area contributed by atoms with Crippen LogP contribution in [-0.2, 0) is 16.2 Å². The van der Waals surface area contributed by atoms with Crippen LogP contribution in [0.15, 0.2) is 82.8 Å². The number of rotatable bonds is 5. The standard InChI is InChI=1S/C25H16BrN3O4/c26-19-7-9-20(10-8-19)29-24(31)22(23(30)28-25(29)32)13-16-5-11-21(12-6-16)33-15-18-4-2-1-3-17(18)14-27/h1-13H,15H2,(H,28,30,32)/b22-13+. The monoisotopic (exact) mass is 501 g/mol. The third-order valence-electron chi connectivity index (χ3n) is 4.91. The van der Waals surface area contributed by atoms with Gasteiger partial charge in [0.2, 0.25) is 0 Å². The van der Waals surface area contributed by atoms with Gasteiger partial charge in [-0.05, 0) is 54.1 Å². The summed E-state index contributed by atoms with van der Waals surface area (Å²) in [5.41, 5.74) is 2.09. The van der Waals surface area contributed by atoms with E-state index in [1.807, 2.05) is 12.1 Å². The van der Waals surface area contributed by atoms with E-state index in [1.54, 1.807) is 60.7 Å². The summed E-state index contributed by atoms with van der Waals surface area (Å²) in [5.74, 6) is -0.901. The highest BCUT2D eigenvalue weighted by atomic mass is 79.9. The molecule has 4 amide bonds. The lowest BCUT2D eigenvalue weighted by molar-refractivity contribution is -0.122. The van der Waals surface area contributed by atoms with Crippen molar-refractivity contribution in [1.82, 2.24) is 5.32 Å². The van der Waals surface area contributed by atoms with Gasteiger partial charge in [-0.15, -0.1) is 0 Å². The number of halogens is 1. The number of anilines is 1. The highest BCUT2D eigenvalue weighted by molar-refractivity contribution is 9.10. The minimum Gasteiger partial charge on any atom is -0.489 e. The van der Waals surface area contributed by atoms with Crippen LogP contribution in [0.1, 0.15) is 16.7 Å². The lowest BCUT2D eigenvalue weighted by Gasteiger charge is -2.26. The van der Waals surface area contributed by atoms with Crippen molar-refractivity contribution in [2.45, 2.75) is 6.61 Å². The van der Waals surface area contributed by atoms with Crippen molar-refractivity contribution < 1.29 is 19.1 Å². The quantitative estimate of drug-likeness (QED) is 0.407. The lowest BCUT2D eigenvalue weighted by atomic mass is 10.1. The molecule has 0 spiro atoms. The zero-order valence-corrected chi connectivity index (χ0v) is 18.7. The summed E-state index contributed by atoms with van der Waals surface area (Å²) in [4.78, 5) is 38.5. The summed E-state index contributed by atoms with van der Waals surface area (Å²) in [6, 6.07) is 21.9. The molecule has 1 saturated heterocycles. The average Bonchev–Trinajstić information content (AvgIpc) is 2.82. The number of nitrogens with one attached hydrogen (secondary N) is 1. The summed E-state index contributed by atoms with van der Waals surface area (Å²) in [6.45, 7) is 0.231. The molecule has 162 valence electrons. The maximum absolute atomic E-state index is 12.9. The first kappa shape index (κ1) is 22.0. The number of nitriles is 1. The lowest BCUT2D eigenvalue weighted by Crippen LogP contribution is -2.54. The van der Waals surface area contributed by atoms with Crippen molar-refractivity contribution in [1.29, 1.82) is 5.26 Å². The summed E-state index contributed by atoms with van der Waals surface area (Å²) in [7, 11) is 0. The number of ether oxygens (including phenoxy) is 1. The first-order chi connectivity index (χ1) is 16.0. The van der Waals surface area contributed by atoms with E-state index in [9.17, 15) is 19.6 Å². The van der Waals surface area contributed by atoms with E-state index in [-0.39, 0.29) is 12.2 Å². The minimum absolute atomic E-state index is 0.158. The van der Waals surface area contributed by atoms with Gasteiger partial charge in [-0.3, -0.25) is 14.9 Å². The van der Waals surface area contributed by atoms with Crippen LogP contribution in [0.4, 0.5) is 10.5 Å². The van der Waals surface area contributed by atoms with Crippen molar-refractivity contribution in [3.05, 3.63) is 99.5 Å². The van der Waals surface area contributed by atoms with Crippen molar-refractivity contribution >= 4 is 45.5 Å². The van der Waals surface area contributed by atoms with Crippen molar-refractivity contribution in [3.63, 3.8) is 0 Å². The minimum atomic E-state index is -0.800. The Hall–Kier alpha value is -4.22. The summed E-state index contributed by atoms with van der Waals surface area (Å²) < 4.78 is 6.54. The number of imide groups is 2. The van der Waals surface area contributed by atoms with E-state index in [0.717, 1.165) is 14.9 Å². The number of urea groups is 1. The molecule has 0 aliphatic carbocycles. The molecule has 1 heterocycles. The third kappa shape index (κ3) is 4.84. The Morgan fingerprint density at radius 1 is 0.970 bits per heavy atom. The van der Waals surface area contributed by atoms with E-state index in [0.29, 0.717) is 22.6 Å². The maximum atomic E-state index is 12.9. The Morgan fingerprint density at radius 2 is 1.67 bits per heavy atom. The molecule has 4 rings (SSSR count). The van der Waals surface area contributed by atoms with Gasteiger partial charge < -0.3 is 4.74 Å². The van der Waals surface area contributed by atoms with E-state index in [2.05, 4.69) is 27.3 Å².